The minimum absolute atomic E-state index is 0.0315. The molecular weight excluding hydrogens is 342 g/mol. The molecule has 1 aliphatic rings. The Labute approximate surface area is 157 Å². The van der Waals surface area contributed by atoms with Gasteiger partial charge in [0.2, 0.25) is 0 Å². The van der Waals surface area contributed by atoms with E-state index >= 15 is 0 Å². The fraction of sp³-hybridized carbons (Fsp3) is 0.350. The molecule has 0 aliphatic carbocycles. The molecule has 1 unspecified atom stereocenters. The highest BCUT2D eigenvalue weighted by Crippen LogP contribution is 2.24. The molecule has 0 amide bonds. The molecule has 1 fully saturated rings. The first-order valence-electron chi connectivity index (χ1n) is 9.15. The third-order valence-electron chi connectivity index (χ3n) is 4.76. The van der Waals surface area contributed by atoms with Crippen LogP contribution in [-0.2, 0) is 4.74 Å². The fourth-order valence-electron chi connectivity index (χ4n) is 3.41. The average Bonchev–Trinajstić information content (AvgIpc) is 2.69. The summed E-state index contributed by atoms with van der Waals surface area (Å²) >= 11 is 0. The molecule has 1 aliphatic heterocycles. The highest BCUT2D eigenvalue weighted by Gasteiger charge is 2.18. The number of ether oxygens (including phenoxy) is 1. The number of anilines is 2. The number of nitrogens with one attached hydrogen (secondary N) is 1. The highest BCUT2D eigenvalue weighted by atomic mass is 16.5. The number of nitrogens with zero attached hydrogens (tertiary/aromatic N) is 4. The molecule has 4 heterocycles. The van der Waals surface area contributed by atoms with E-state index < -0.39 is 0 Å². The number of morpholine rings is 1. The van der Waals surface area contributed by atoms with Crippen LogP contribution in [0.3, 0.4) is 0 Å². The number of aromatic nitrogens is 3. The van der Waals surface area contributed by atoms with E-state index in [0.29, 0.717) is 24.7 Å². The van der Waals surface area contributed by atoms with Crippen molar-refractivity contribution < 1.29 is 4.74 Å². The van der Waals surface area contributed by atoms with E-state index in [0.717, 1.165) is 29.9 Å². The maximum absolute atomic E-state index is 12.8. The van der Waals surface area contributed by atoms with Crippen LogP contribution in [0.15, 0.2) is 47.7 Å². The van der Waals surface area contributed by atoms with Crippen molar-refractivity contribution in [3.8, 4) is 0 Å². The second-order valence-corrected chi connectivity index (χ2v) is 6.83. The predicted molar refractivity (Wildman–Crippen MR) is 106 cm³/mol. The molecule has 0 spiro atoms. The van der Waals surface area contributed by atoms with Gasteiger partial charge in [-0.05, 0) is 37.6 Å². The Morgan fingerprint density at radius 3 is 2.81 bits per heavy atom. The molecule has 7 heteroatoms. The highest BCUT2D eigenvalue weighted by molar-refractivity contribution is 5.57. The standard InChI is InChI=1S/C20H23N5O2/c1-14-10-17(15(2)22-16-4-3-5-21-12-16)20-23-18(11-19(26)25(20)13-14)24-6-8-27-9-7-24/h3-5,10-13,15,22H,6-9H2,1-2H3. The monoisotopic (exact) mass is 365 g/mol. The molecule has 0 aromatic carbocycles. The predicted octanol–water partition coefficient (Wildman–Crippen LogP) is 2.41. The number of hydrogen-bond donors (Lipinski definition) is 1. The van der Waals surface area contributed by atoms with Gasteiger partial charge in [-0.1, -0.05) is 0 Å². The van der Waals surface area contributed by atoms with Crippen LogP contribution in [0.2, 0.25) is 0 Å². The summed E-state index contributed by atoms with van der Waals surface area (Å²) in [5, 5.41) is 3.44. The van der Waals surface area contributed by atoms with Gasteiger partial charge in [0.25, 0.3) is 5.56 Å². The summed E-state index contributed by atoms with van der Waals surface area (Å²) in [7, 11) is 0. The van der Waals surface area contributed by atoms with E-state index in [-0.39, 0.29) is 11.6 Å². The second-order valence-electron chi connectivity index (χ2n) is 6.83. The molecule has 3 aromatic heterocycles. The van der Waals surface area contributed by atoms with Gasteiger partial charge in [-0.2, -0.15) is 0 Å². The lowest BCUT2D eigenvalue weighted by Crippen LogP contribution is -2.37. The first kappa shape index (κ1) is 17.5. The Hall–Kier alpha value is -2.93. The van der Waals surface area contributed by atoms with Crippen LogP contribution in [0.4, 0.5) is 11.5 Å². The van der Waals surface area contributed by atoms with Gasteiger partial charge in [-0.3, -0.25) is 14.2 Å². The zero-order chi connectivity index (χ0) is 18.8. The van der Waals surface area contributed by atoms with Crippen LogP contribution in [0.25, 0.3) is 5.65 Å². The summed E-state index contributed by atoms with van der Waals surface area (Å²) in [6, 6.07) is 7.53. The zero-order valence-electron chi connectivity index (χ0n) is 15.6. The Morgan fingerprint density at radius 1 is 1.26 bits per heavy atom. The van der Waals surface area contributed by atoms with Crippen LogP contribution >= 0.6 is 0 Å². The maximum atomic E-state index is 12.8. The van der Waals surface area contributed by atoms with Crippen LogP contribution in [0, 0.1) is 6.92 Å². The van der Waals surface area contributed by atoms with Crippen molar-refractivity contribution in [3.63, 3.8) is 0 Å². The molecule has 0 radical (unpaired) electrons. The lowest BCUT2D eigenvalue weighted by atomic mass is 10.1. The maximum Gasteiger partial charge on any atom is 0.259 e. The summed E-state index contributed by atoms with van der Waals surface area (Å²) in [4.78, 5) is 23.9. The molecule has 3 aromatic rings. The third kappa shape index (κ3) is 3.64. The minimum atomic E-state index is -0.0694. The molecule has 1 atom stereocenters. The summed E-state index contributed by atoms with van der Waals surface area (Å²) < 4.78 is 7.05. The lowest BCUT2D eigenvalue weighted by Gasteiger charge is -2.28. The molecule has 0 saturated carbocycles. The van der Waals surface area contributed by atoms with E-state index in [2.05, 4.69) is 28.2 Å². The van der Waals surface area contributed by atoms with Gasteiger partial charge in [0.15, 0.2) is 0 Å². The van der Waals surface area contributed by atoms with Crippen molar-refractivity contribution in [1.82, 2.24) is 14.4 Å². The molecule has 4 rings (SSSR count). The van der Waals surface area contributed by atoms with Crippen molar-refractivity contribution in [2.45, 2.75) is 19.9 Å². The van der Waals surface area contributed by atoms with E-state index in [1.807, 2.05) is 25.3 Å². The first-order chi connectivity index (χ1) is 13.1. The van der Waals surface area contributed by atoms with E-state index in [1.165, 1.54) is 0 Å². The van der Waals surface area contributed by atoms with Crippen LogP contribution in [0.1, 0.15) is 24.1 Å². The van der Waals surface area contributed by atoms with Gasteiger partial charge in [0.1, 0.15) is 11.5 Å². The van der Waals surface area contributed by atoms with Gasteiger partial charge >= 0.3 is 0 Å². The van der Waals surface area contributed by atoms with E-state index in [1.54, 1.807) is 22.9 Å². The minimum Gasteiger partial charge on any atom is -0.378 e. The first-order valence-corrected chi connectivity index (χ1v) is 9.15. The van der Waals surface area contributed by atoms with Crippen LogP contribution < -0.4 is 15.8 Å². The molecule has 140 valence electrons. The van der Waals surface area contributed by atoms with Gasteiger partial charge in [0, 0.05) is 43.3 Å². The van der Waals surface area contributed by atoms with Gasteiger partial charge in [-0.25, -0.2) is 4.98 Å². The molecular formula is C20H23N5O2. The average molecular weight is 365 g/mol. The normalized spacial score (nSPS) is 15.7. The van der Waals surface area contributed by atoms with Crippen molar-refractivity contribution >= 4 is 17.2 Å². The van der Waals surface area contributed by atoms with Crippen LogP contribution in [0.5, 0.6) is 0 Å². The number of aryl methyl sites for hydroxylation is 1. The fourth-order valence-corrected chi connectivity index (χ4v) is 3.41. The zero-order valence-corrected chi connectivity index (χ0v) is 15.6. The van der Waals surface area contributed by atoms with E-state index in [9.17, 15) is 4.79 Å². The Bertz CT molecular complexity index is 996. The largest absolute Gasteiger partial charge is 0.378 e. The molecule has 1 saturated heterocycles. The number of fused-ring (bicyclic) bond motifs is 1. The van der Waals surface area contributed by atoms with Crippen molar-refractivity contribution in [2.24, 2.45) is 0 Å². The van der Waals surface area contributed by atoms with E-state index in [4.69, 9.17) is 9.72 Å². The van der Waals surface area contributed by atoms with Crippen molar-refractivity contribution in [1.29, 1.82) is 0 Å². The smallest absolute Gasteiger partial charge is 0.259 e. The lowest BCUT2D eigenvalue weighted by molar-refractivity contribution is 0.122. The number of hydrogen-bond acceptors (Lipinski definition) is 6. The summed E-state index contributed by atoms with van der Waals surface area (Å²) in [6.45, 7) is 6.85. The Morgan fingerprint density at radius 2 is 2.07 bits per heavy atom. The van der Waals surface area contributed by atoms with Gasteiger partial charge < -0.3 is 15.0 Å². The van der Waals surface area contributed by atoms with Crippen molar-refractivity contribution in [3.05, 3.63) is 64.3 Å². The summed E-state index contributed by atoms with van der Waals surface area (Å²) in [5.74, 6) is 0.710. The molecule has 7 nitrogen and oxygen atoms in total. The summed E-state index contributed by atoms with van der Waals surface area (Å²) in [6.07, 6.45) is 5.37. The number of rotatable bonds is 4. The SMILES string of the molecule is Cc1cc(C(C)Nc2cccnc2)c2nc(N3CCOCC3)cc(=O)n2c1. The molecule has 0 bridgehead atoms. The molecule has 1 N–H and O–H groups in total. The number of pyridine rings is 2. The Kier molecular flexibility index (Phi) is 4.77. The summed E-state index contributed by atoms with van der Waals surface area (Å²) in [5.41, 5.74) is 3.53. The third-order valence-corrected chi connectivity index (χ3v) is 4.76. The molecule has 27 heavy (non-hydrogen) atoms. The van der Waals surface area contributed by atoms with Crippen molar-refractivity contribution in [2.75, 3.05) is 36.5 Å². The Balaban J connectivity index is 1.78. The van der Waals surface area contributed by atoms with Gasteiger partial charge in [-0.15, -0.1) is 0 Å². The second kappa shape index (κ2) is 7.36. The van der Waals surface area contributed by atoms with Crippen LogP contribution in [-0.4, -0.2) is 40.7 Å². The van der Waals surface area contributed by atoms with Gasteiger partial charge in [0.05, 0.1) is 24.9 Å². The quantitative estimate of drug-likeness (QED) is 0.766. The topological polar surface area (TPSA) is 71.8 Å².